The zero-order valence-corrected chi connectivity index (χ0v) is 13.6. The van der Waals surface area contributed by atoms with Crippen LogP contribution in [0.25, 0.3) is 0 Å². The highest BCUT2D eigenvalue weighted by Gasteiger charge is 2.53. The summed E-state index contributed by atoms with van der Waals surface area (Å²) in [7, 11) is -3.97. The zero-order chi connectivity index (χ0) is 18.1. The molecule has 1 saturated heterocycles. The Bertz CT molecular complexity index is 791. The van der Waals surface area contributed by atoms with E-state index in [2.05, 4.69) is 0 Å². The average Bonchev–Trinajstić information content (AvgIpc) is 2.72. The number of carbonyl (C=O) groups is 3. The third-order valence-corrected chi connectivity index (χ3v) is 5.22. The Morgan fingerprint density at radius 1 is 1.29 bits per heavy atom. The van der Waals surface area contributed by atoms with E-state index in [9.17, 15) is 27.2 Å². The molecule has 1 heterocycles. The van der Waals surface area contributed by atoms with E-state index in [1.807, 2.05) is 0 Å². The van der Waals surface area contributed by atoms with Gasteiger partial charge in [0.15, 0.2) is 15.1 Å². The molecule has 7 nitrogen and oxygen atoms in total. The summed E-state index contributed by atoms with van der Waals surface area (Å²) in [6.45, 7) is -0.151. The lowest BCUT2D eigenvalue weighted by Gasteiger charge is -2.27. The van der Waals surface area contributed by atoms with E-state index in [0.717, 1.165) is 17.2 Å². The van der Waals surface area contributed by atoms with Crippen LogP contribution in [0.4, 0.5) is 4.39 Å². The van der Waals surface area contributed by atoms with Crippen LogP contribution in [0.2, 0.25) is 0 Å². The highest BCUT2D eigenvalue weighted by atomic mass is 32.2. The molecule has 0 bridgehead atoms. The topological polar surface area (TPSA) is 109 Å². The normalized spacial score (nSPS) is 21.3. The molecule has 9 heteroatoms. The second kappa shape index (κ2) is 6.68. The lowest BCUT2D eigenvalue weighted by Crippen LogP contribution is -2.34. The maximum atomic E-state index is 14.1. The first-order chi connectivity index (χ1) is 11.1. The molecule has 0 unspecified atom stereocenters. The molecule has 1 amide bonds. The quantitative estimate of drug-likeness (QED) is 0.745. The van der Waals surface area contributed by atoms with E-state index in [1.54, 1.807) is 0 Å². The molecule has 1 N–H and O–H groups in total. The first-order valence-corrected chi connectivity index (χ1v) is 9.10. The fourth-order valence-corrected chi connectivity index (χ4v) is 4.06. The predicted molar refractivity (Wildman–Crippen MR) is 81.4 cm³/mol. The number of rotatable bonds is 6. The third kappa shape index (κ3) is 3.45. The Hall–Kier alpha value is -2.29. The molecule has 1 aliphatic rings. The molecule has 0 spiro atoms. The van der Waals surface area contributed by atoms with Gasteiger partial charge in [0.1, 0.15) is 5.82 Å². The van der Waals surface area contributed by atoms with Gasteiger partial charge in [-0.25, -0.2) is 12.8 Å². The Morgan fingerprint density at radius 3 is 2.46 bits per heavy atom. The molecule has 0 aliphatic carbocycles. The minimum atomic E-state index is -3.97. The van der Waals surface area contributed by atoms with Crippen molar-refractivity contribution in [2.24, 2.45) is 0 Å². The van der Waals surface area contributed by atoms with Gasteiger partial charge in [-0.05, 0) is 12.5 Å². The number of likely N-dealkylation sites (tertiary alicyclic amines) is 1. The van der Waals surface area contributed by atoms with Crippen LogP contribution in [0.15, 0.2) is 24.3 Å². The highest BCUT2D eigenvalue weighted by Crippen LogP contribution is 2.36. The second-order valence-corrected chi connectivity index (χ2v) is 7.74. The number of hydrogen-bond donors (Lipinski definition) is 1. The molecular weight excluding hydrogens is 341 g/mol. The number of benzene rings is 1. The van der Waals surface area contributed by atoms with E-state index in [1.165, 1.54) is 18.2 Å². The summed E-state index contributed by atoms with van der Waals surface area (Å²) in [5, 5.41) is 6.99. The van der Waals surface area contributed by atoms with Gasteiger partial charge in [-0.2, -0.15) is 0 Å². The molecule has 1 aromatic carbocycles. The van der Waals surface area contributed by atoms with Crippen molar-refractivity contribution in [2.45, 2.75) is 24.1 Å². The number of amides is 1. The van der Waals surface area contributed by atoms with Crippen LogP contribution in [0.3, 0.4) is 0 Å². The molecule has 0 radical (unpaired) electrons. The fraction of sp³-hybridized carbons (Fsp3) is 0.400. The number of halogens is 1. The minimum absolute atomic E-state index is 0.0236. The van der Waals surface area contributed by atoms with E-state index < -0.39 is 44.6 Å². The van der Waals surface area contributed by atoms with Crippen LogP contribution in [0, 0.1) is 5.82 Å². The van der Waals surface area contributed by atoms with Crippen molar-refractivity contribution in [1.82, 2.24) is 4.90 Å². The number of aliphatic carboxylic acids is 1. The molecule has 0 saturated carbocycles. The predicted octanol–water partition coefficient (Wildman–Crippen LogP) is 0.556. The Labute approximate surface area is 138 Å². The third-order valence-electron chi connectivity index (χ3n) is 3.83. The van der Waals surface area contributed by atoms with Gasteiger partial charge >= 0.3 is 5.97 Å². The molecular formula is C15H16FNO6S. The monoisotopic (exact) mass is 357 g/mol. The van der Waals surface area contributed by atoms with Crippen LogP contribution < -0.4 is 0 Å². The summed E-state index contributed by atoms with van der Waals surface area (Å²) in [5.41, 5.74) is -0.0811. The van der Waals surface area contributed by atoms with Gasteiger partial charge in [-0.1, -0.05) is 18.2 Å². The average molecular weight is 357 g/mol. The smallest absolute Gasteiger partial charge is 0.303 e. The molecule has 2 atom stereocenters. The van der Waals surface area contributed by atoms with E-state index >= 15 is 0 Å². The minimum Gasteiger partial charge on any atom is -0.481 e. The Balaban J connectivity index is 2.47. The van der Waals surface area contributed by atoms with Gasteiger partial charge < -0.3 is 10.0 Å². The maximum Gasteiger partial charge on any atom is 0.303 e. The molecule has 1 fully saturated rings. The van der Waals surface area contributed by atoms with Crippen LogP contribution in [-0.4, -0.2) is 54.1 Å². The van der Waals surface area contributed by atoms with Crippen LogP contribution in [0.1, 0.15) is 24.4 Å². The van der Waals surface area contributed by atoms with Crippen molar-refractivity contribution in [2.75, 3.05) is 12.8 Å². The Morgan fingerprint density at radius 2 is 1.92 bits per heavy atom. The summed E-state index contributed by atoms with van der Waals surface area (Å²) in [6.07, 6.45) is 0.582. The Kier molecular flexibility index (Phi) is 5.02. The van der Waals surface area contributed by atoms with Gasteiger partial charge in [0.05, 0.1) is 6.04 Å². The summed E-state index contributed by atoms with van der Waals surface area (Å²) < 4.78 is 38.1. The van der Waals surface area contributed by atoms with Gasteiger partial charge in [-0.3, -0.25) is 14.4 Å². The van der Waals surface area contributed by atoms with Gasteiger partial charge in [0.25, 0.3) is 5.91 Å². The standard InChI is InChI=1S/C15H16FNO6S/c1-24(22,23)14-12(9-5-2-3-6-10(9)16)17(15(21)13(14)20)8-4-7-11(18)19/h2-3,5-6,12,14H,4,7-8H2,1H3,(H,18,19)/t12-,14+/m0/s1. The van der Waals surface area contributed by atoms with Gasteiger partial charge in [0.2, 0.25) is 5.78 Å². The van der Waals surface area contributed by atoms with Crippen LogP contribution in [-0.2, 0) is 24.2 Å². The number of carbonyl (C=O) groups excluding carboxylic acids is 2. The lowest BCUT2D eigenvalue weighted by molar-refractivity contribution is -0.141. The SMILES string of the molecule is CS(=O)(=O)[C@H]1C(=O)C(=O)N(CCCC(=O)O)[C@H]1c1ccccc1F. The van der Waals surface area contributed by atoms with Crippen molar-refractivity contribution in [3.63, 3.8) is 0 Å². The van der Waals surface area contributed by atoms with Crippen molar-refractivity contribution >= 4 is 27.5 Å². The van der Waals surface area contributed by atoms with Crippen molar-refractivity contribution in [1.29, 1.82) is 0 Å². The number of carboxylic acid groups (broad SMARTS) is 1. The molecule has 1 aliphatic heterocycles. The first-order valence-electron chi connectivity index (χ1n) is 7.14. The summed E-state index contributed by atoms with van der Waals surface area (Å²) in [5.74, 6) is -3.98. The largest absolute Gasteiger partial charge is 0.481 e. The van der Waals surface area contributed by atoms with Crippen molar-refractivity contribution in [3.8, 4) is 0 Å². The number of hydrogen-bond acceptors (Lipinski definition) is 5. The molecule has 2 rings (SSSR count). The zero-order valence-electron chi connectivity index (χ0n) is 12.8. The van der Waals surface area contributed by atoms with Crippen LogP contribution >= 0.6 is 0 Å². The van der Waals surface area contributed by atoms with E-state index in [0.29, 0.717) is 0 Å². The molecule has 24 heavy (non-hydrogen) atoms. The number of sulfone groups is 1. The van der Waals surface area contributed by atoms with Crippen molar-refractivity contribution < 1.29 is 32.3 Å². The van der Waals surface area contributed by atoms with Crippen LogP contribution in [0.5, 0.6) is 0 Å². The molecule has 1 aromatic rings. The summed E-state index contributed by atoms with van der Waals surface area (Å²) >= 11 is 0. The van der Waals surface area contributed by atoms with Gasteiger partial charge in [-0.15, -0.1) is 0 Å². The lowest BCUT2D eigenvalue weighted by atomic mass is 10.0. The summed E-state index contributed by atoms with van der Waals surface area (Å²) in [6, 6.07) is 4.00. The van der Waals surface area contributed by atoms with E-state index in [4.69, 9.17) is 5.11 Å². The highest BCUT2D eigenvalue weighted by molar-refractivity contribution is 7.92. The molecule has 0 aromatic heterocycles. The first kappa shape index (κ1) is 18.1. The second-order valence-electron chi connectivity index (χ2n) is 5.58. The van der Waals surface area contributed by atoms with Crippen molar-refractivity contribution in [3.05, 3.63) is 35.6 Å². The van der Waals surface area contributed by atoms with E-state index in [-0.39, 0.29) is 24.9 Å². The number of ketones is 1. The van der Waals surface area contributed by atoms with Gasteiger partial charge in [0, 0.05) is 24.8 Å². The maximum absolute atomic E-state index is 14.1. The number of Topliss-reactive ketones (excluding diaryl/α,β-unsaturated/α-hetero) is 1. The summed E-state index contributed by atoms with van der Waals surface area (Å²) in [4.78, 5) is 35.9. The fourth-order valence-electron chi connectivity index (χ4n) is 2.81. The molecule has 130 valence electrons. The number of nitrogens with zero attached hydrogens (tertiary/aromatic N) is 1. The number of carboxylic acids is 1.